The molecule has 1 heterocycles. The number of fused-ring (bicyclic) bond motifs is 1. The number of amides is 2. The average Bonchev–Trinajstić information content (AvgIpc) is 3.05. The number of hydrogen-bond acceptors (Lipinski definition) is 3. The zero-order valence-electron chi connectivity index (χ0n) is 13.2. The Morgan fingerprint density at radius 2 is 1.96 bits per heavy atom. The van der Waals surface area contributed by atoms with E-state index in [-0.39, 0.29) is 18.2 Å². The number of carbonyl (C=O) groups excluding carboxylic acids is 1. The summed E-state index contributed by atoms with van der Waals surface area (Å²) >= 11 is 0. The van der Waals surface area contributed by atoms with Gasteiger partial charge in [-0.05, 0) is 43.0 Å². The standard InChI is InChI=1S/C16H17F3N2O4/c17-16(18,19)25-12-5-3-11(4-6-12)20-14(24)21-8-10-2-1-7-15(10,9-21)13(22)23/h3-6,10H,1-2,7-9H2,(H,20,24)(H,22,23)/t10-,15+/m0/s1. The third-order valence-electron chi connectivity index (χ3n) is 4.92. The molecule has 1 aromatic carbocycles. The van der Waals surface area contributed by atoms with E-state index in [1.54, 1.807) is 0 Å². The van der Waals surface area contributed by atoms with Gasteiger partial charge in [0.05, 0.1) is 5.41 Å². The second-order valence-corrected chi connectivity index (χ2v) is 6.43. The van der Waals surface area contributed by atoms with Crippen LogP contribution in [0, 0.1) is 11.3 Å². The lowest BCUT2D eigenvalue weighted by atomic mass is 9.81. The molecule has 0 unspecified atom stereocenters. The second-order valence-electron chi connectivity index (χ2n) is 6.43. The fraction of sp³-hybridized carbons (Fsp3) is 0.500. The van der Waals surface area contributed by atoms with Crippen LogP contribution in [0.5, 0.6) is 5.75 Å². The number of nitrogens with one attached hydrogen (secondary N) is 1. The predicted octanol–water partition coefficient (Wildman–Crippen LogP) is 3.30. The van der Waals surface area contributed by atoms with Gasteiger partial charge in [0, 0.05) is 18.8 Å². The van der Waals surface area contributed by atoms with E-state index >= 15 is 0 Å². The molecule has 1 saturated heterocycles. The number of carboxylic acids is 1. The molecule has 6 nitrogen and oxygen atoms in total. The molecule has 1 aliphatic heterocycles. The molecular formula is C16H17F3N2O4. The number of likely N-dealkylation sites (tertiary alicyclic amines) is 1. The van der Waals surface area contributed by atoms with Crippen molar-refractivity contribution >= 4 is 17.7 Å². The summed E-state index contributed by atoms with van der Waals surface area (Å²) in [4.78, 5) is 25.4. The molecule has 1 aromatic rings. The zero-order chi connectivity index (χ0) is 18.2. The minimum Gasteiger partial charge on any atom is -0.481 e. The number of hydrogen-bond donors (Lipinski definition) is 2. The minimum absolute atomic E-state index is 0.0571. The highest BCUT2D eigenvalue weighted by Crippen LogP contribution is 2.48. The molecule has 2 amide bonds. The van der Waals surface area contributed by atoms with Gasteiger partial charge in [0.25, 0.3) is 0 Å². The fourth-order valence-corrected chi connectivity index (χ4v) is 3.74. The summed E-state index contributed by atoms with van der Waals surface area (Å²) in [7, 11) is 0. The highest BCUT2D eigenvalue weighted by Gasteiger charge is 2.55. The Hall–Kier alpha value is -2.45. The van der Waals surface area contributed by atoms with Gasteiger partial charge in [-0.2, -0.15) is 0 Å². The molecule has 1 saturated carbocycles. The maximum absolute atomic E-state index is 12.3. The molecule has 25 heavy (non-hydrogen) atoms. The topological polar surface area (TPSA) is 78.9 Å². The van der Waals surface area contributed by atoms with Crippen molar-refractivity contribution in [3.8, 4) is 5.75 Å². The summed E-state index contributed by atoms with van der Waals surface area (Å²) < 4.78 is 40.1. The van der Waals surface area contributed by atoms with Crippen molar-refractivity contribution in [3.63, 3.8) is 0 Å². The van der Waals surface area contributed by atoms with Gasteiger partial charge in [-0.1, -0.05) is 6.42 Å². The van der Waals surface area contributed by atoms with Crippen molar-refractivity contribution in [3.05, 3.63) is 24.3 Å². The van der Waals surface area contributed by atoms with Crippen molar-refractivity contribution in [2.24, 2.45) is 11.3 Å². The van der Waals surface area contributed by atoms with Crippen LogP contribution in [0.3, 0.4) is 0 Å². The average molecular weight is 358 g/mol. The number of nitrogens with zero attached hydrogens (tertiary/aromatic N) is 1. The Morgan fingerprint density at radius 1 is 1.28 bits per heavy atom. The largest absolute Gasteiger partial charge is 0.573 e. The van der Waals surface area contributed by atoms with E-state index in [0.29, 0.717) is 18.7 Å². The third kappa shape index (κ3) is 3.49. The summed E-state index contributed by atoms with van der Waals surface area (Å²) in [5, 5.41) is 12.1. The summed E-state index contributed by atoms with van der Waals surface area (Å²) in [6, 6.07) is 4.33. The van der Waals surface area contributed by atoms with Crippen LogP contribution in [0.4, 0.5) is 23.7 Å². The number of halogens is 3. The SMILES string of the molecule is O=C(Nc1ccc(OC(F)(F)F)cc1)N1C[C@@H]2CCC[C@@]2(C(=O)O)C1. The number of rotatable bonds is 3. The quantitative estimate of drug-likeness (QED) is 0.869. The normalized spacial score (nSPS) is 25.6. The summed E-state index contributed by atoms with van der Waals surface area (Å²) in [6.45, 7) is 0.515. The lowest BCUT2D eigenvalue weighted by molar-refractivity contribution is -0.274. The van der Waals surface area contributed by atoms with Crippen molar-refractivity contribution in [1.82, 2.24) is 4.90 Å². The van der Waals surface area contributed by atoms with Gasteiger partial charge in [0.15, 0.2) is 0 Å². The Balaban J connectivity index is 1.62. The summed E-state index contributed by atoms with van der Waals surface area (Å²) in [6.07, 6.45) is -2.60. The molecule has 0 bridgehead atoms. The van der Waals surface area contributed by atoms with Crippen LogP contribution < -0.4 is 10.1 Å². The van der Waals surface area contributed by atoms with Crippen LogP contribution in [-0.4, -0.2) is 41.5 Å². The highest BCUT2D eigenvalue weighted by atomic mass is 19.4. The molecular weight excluding hydrogens is 341 g/mol. The van der Waals surface area contributed by atoms with Gasteiger partial charge in [0.2, 0.25) is 0 Å². The number of carbonyl (C=O) groups is 2. The Labute approximate surface area is 141 Å². The van der Waals surface area contributed by atoms with Gasteiger partial charge in [-0.3, -0.25) is 4.79 Å². The van der Waals surface area contributed by atoms with Gasteiger partial charge in [0.1, 0.15) is 5.75 Å². The summed E-state index contributed by atoms with van der Waals surface area (Å²) in [5.41, 5.74) is -0.567. The van der Waals surface area contributed by atoms with Gasteiger partial charge >= 0.3 is 18.4 Å². The second kappa shape index (κ2) is 6.12. The van der Waals surface area contributed by atoms with Crippen LogP contribution in [0.2, 0.25) is 0 Å². The van der Waals surface area contributed by atoms with Crippen molar-refractivity contribution in [2.45, 2.75) is 25.6 Å². The molecule has 2 N–H and O–H groups in total. The van der Waals surface area contributed by atoms with Crippen LogP contribution in [0.1, 0.15) is 19.3 Å². The molecule has 3 rings (SSSR count). The number of aliphatic carboxylic acids is 1. The van der Waals surface area contributed by atoms with Crippen molar-refractivity contribution < 1.29 is 32.6 Å². The monoisotopic (exact) mass is 358 g/mol. The molecule has 2 atom stereocenters. The van der Waals surface area contributed by atoms with E-state index in [4.69, 9.17) is 0 Å². The molecule has 2 aliphatic rings. The van der Waals surface area contributed by atoms with Crippen LogP contribution in [-0.2, 0) is 4.79 Å². The van der Waals surface area contributed by atoms with E-state index in [9.17, 15) is 27.9 Å². The zero-order valence-corrected chi connectivity index (χ0v) is 13.2. The predicted molar refractivity (Wildman–Crippen MR) is 81.1 cm³/mol. The minimum atomic E-state index is -4.77. The third-order valence-corrected chi connectivity index (χ3v) is 4.92. The van der Waals surface area contributed by atoms with E-state index in [1.807, 2.05) is 0 Å². The van der Waals surface area contributed by atoms with E-state index in [1.165, 1.54) is 17.0 Å². The number of benzene rings is 1. The maximum Gasteiger partial charge on any atom is 0.573 e. The van der Waals surface area contributed by atoms with Crippen molar-refractivity contribution in [2.75, 3.05) is 18.4 Å². The number of anilines is 1. The number of ether oxygens (including phenoxy) is 1. The molecule has 9 heteroatoms. The van der Waals surface area contributed by atoms with Gasteiger partial charge in [-0.15, -0.1) is 13.2 Å². The molecule has 1 aliphatic carbocycles. The lowest BCUT2D eigenvalue weighted by Gasteiger charge is -2.23. The van der Waals surface area contributed by atoms with E-state index < -0.39 is 23.8 Å². The van der Waals surface area contributed by atoms with E-state index in [2.05, 4.69) is 10.1 Å². The number of carboxylic acid groups (broad SMARTS) is 1. The summed E-state index contributed by atoms with van der Waals surface area (Å²) in [5.74, 6) is -1.32. The number of urea groups is 1. The molecule has 0 radical (unpaired) electrons. The Morgan fingerprint density at radius 3 is 2.52 bits per heavy atom. The van der Waals surface area contributed by atoms with E-state index in [0.717, 1.165) is 25.0 Å². The lowest BCUT2D eigenvalue weighted by Crippen LogP contribution is -2.38. The van der Waals surface area contributed by atoms with Crippen LogP contribution in [0.25, 0.3) is 0 Å². The first-order valence-electron chi connectivity index (χ1n) is 7.85. The van der Waals surface area contributed by atoms with Crippen LogP contribution in [0.15, 0.2) is 24.3 Å². The fourth-order valence-electron chi connectivity index (χ4n) is 3.74. The molecule has 136 valence electrons. The maximum atomic E-state index is 12.3. The molecule has 0 aromatic heterocycles. The Bertz CT molecular complexity index is 677. The number of alkyl halides is 3. The first-order chi connectivity index (χ1) is 11.7. The van der Waals surface area contributed by atoms with Crippen LogP contribution >= 0.6 is 0 Å². The smallest absolute Gasteiger partial charge is 0.481 e. The first kappa shape index (κ1) is 17.4. The van der Waals surface area contributed by atoms with Crippen molar-refractivity contribution in [1.29, 1.82) is 0 Å². The van der Waals surface area contributed by atoms with Gasteiger partial charge < -0.3 is 20.1 Å². The highest BCUT2D eigenvalue weighted by molar-refractivity contribution is 5.90. The molecule has 0 spiro atoms. The van der Waals surface area contributed by atoms with Gasteiger partial charge in [-0.25, -0.2) is 4.79 Å². The molecule has 2 fully saturated rings. The first-order valence-corrected chi connectivity index (χ1v) is 7.85. The Kier molecular flexibility index (Phi) is 4.26.